The Morgan fingerprint density at radius 3 is 2.96 bits per heavy atom. The van der Waals surface area contributed by atoms with Crippen molar-refractivity contribution in [3.63, 3.8) is 0 Å². The number of benzene rings is 1. The topological polar surface area (TPSA) is 43.7 Å². The molecule has 0 saturated carbocycles. The van der Waals surface area contributed by atoms with Crippen molar-refractivity contribution in [3.05, 3.63) is 53.2 Å². The second-order valence-corrected chi connectivity index (χ2v) is 6.87. The number of rotatable bonds is 2. The van der Waals surface area contributed by atoms with E-state index in [1.807, 2.05) is 18.4 Å². The van der Waals surface area contributed by atoms with Gasteiger partial charge in [0.2, 0.25) is 5.90 Å². The number of thioether (sulfide) groups is 1. The van der Waals surface area contributed by atoms with E-state index in [9.17, 15) is 0 Å². The van der Waals surface area contributed by atoms with E-state index in [0.717, 1.165) is 17.9 Å². The maximum absolute atomic E-state index is 5.85. The highest BCUT2D eigenvalue weighted by Gasteiger charge is 2.46. The van der Waals surface area contributed by atoms with E-state index in [-0.39, 0.29) is 5.60 Å². The molecule has 4 rings (SSSR count). The molecule has 23 heavy (non-hydrogen) atoms. The molecule has 1 aromatic carbocycles. The Morgan fingerprint density at radius 1 is 1.26 bits per heavy atom. The van der Waals surface area contributed by atoms with Crippen LogP contribution in [0.3, 0.4) is 0 Å². The lowest BCUT2D eigenvalue weighted by atomic mass is 9.92. The molecule has 2 aromatic rings. The van der Waals surface area contributed by atoms with Crippen molar-refractivity contribution in [2.75, 3.05) is 6.26 Å². The second kappa shape index (κ2) is 5.57. The molecule has 1 spiro atoms. The minimum atomic E-state index is -0.342. The zero-order chi connectivity index (χ0) is 15.9. The summed E-state index contributed by atoms with van der Waals surface area (Å²) in [6.07, 6.45) is 6.38. The van der Waals surface area contributed by atoms with Gasteiger partial charge >= 0.3 is 0 Å². The van der Waals surface area contributed by atoms with Crippen molar-refractivity contribution in [1.82, 2.24) is 4.98 Å². The normalized spacial score (nSPS) is 21.9. The molecule has 0 saturated heterocycles. The van der Waals surface area contributed by atoms with Crippen LogP contribution in [0.15, 0.2) is 46.7 Å². The average molecular weight is 326 g/mol. The first-order valence-corrected chi connectivity index (χ1v) is 8.94. The van der Waals surface area contributed by atoms with E-state index in [1.54, 1.807) is 18.0 Å². The molecule has 0 fully saturated rings. The highest BCUT2D eigenvalue weighted by molar-refractivity contribution is 7.98. The smallest absolute Gasteiger partial charge is 0.235 e. The third-order valence-corrected chi connectivity index (χ3v) is 5.12. The molecule has 0 bridgehead atoms. The van der Waals surface area contributed by atoms with E-state index < -0.39 is 0 Å². The zero-order valence-corrected chi connectivity index (χ0v) is 14.0. The first-order valence-electron chi connectivity index (χ1n) is 7.71. The number of aromatic nitrogens is 1. The Kier molecular flexibility index (Phi) is 3.53. The van der Waals surface area contributed by atoms with Gasteiger partial charge in [0.1, 0.15) is 5.75 Å². The van der Waals surface area contributed by atoms with Gasteiger partial charge in [-0.2, -0.15) is 0 Å². The van der Waals surface area contributed by atoms with Gasteiger partial charge in [0, 0.05) is 5.56 Å². The summed E-state index contributed by atoms with van der Waals surface area (Å²) in [7, 11) is 0. The van der Waals surface area contributed by atoms with Gasteiger partial charge in [0.05, 0.1) is 17.6 Å². The van der Waals surface area contributed by atoms with E-state index in [1.165, 1.54) is 16.7 Å². The summed E-state index contributed by atoms with van der Waals surface area (Å²) in [5.41, 5.74) is 3.57. The quantitative estimate of drug-likeness (QED) is 0.781. The summed E-state index contributed by atoms with van der Waals surface area (Å²) < 4.78 is 5.85. The maximum Gasteiger partial charge on any atom is 0.235 e. The number of oxime groups is 1. The first kappa shape index (κ1) is 14.6. The Morgan fingerprint density at radius 2 is 2.17 bits per heavy atom. The van der Waals surface area contributed by atoms with E-state index in [4.69, 9.17) is 9.57 Å². The van der Waals surface area contributed by atoms with Crippen LogP contribution in [0.4, 0.5) is 0 Å². The lowest BCUT2D eigenvalue weighted by Crippen LogP contribution is -2.24. The Hall–Kier alpha value is -2.01. The van der Waals surface area contributed by atoms with E-state index in [2.05, 4.69) is 35.3 Å². The largest absolute Gasteiger partial charge is 0.438 e. The van der Waals surface area contributed by atoms with Crippen molar-refractivity contribution >= 4 is 17.7 Å². The van der Waals surface area contributed by atoms with E-state index >= 15 is 0 Å². The fourth-order valence-corrected chi connectivity index (χ4v) is 3.67. The summed E-state index contributed by atoms with van der Waals surface area (Å²) >= 11 is 1.61. The van der Waals surface area contributed by atoms with Crippen LogP contribution >= 0.6 is 11.8 Å². The van der Waals surface area contributed by atoms with Crippen molar-refractivity contribution in [2.24, 2.45) is 5.16 Å². The van der Waals surface area contributed by atoms with Crippen LogP contribution in [-0.4, -0.2) is 17.1 Å². The van der Waals surface area contributed by atoms with Crippen LogP contribution in [0.25, 0.3) is 0 Å². The molecule has 1 atom stereocenters. The van der Waals surface area contributed by atoms with Crippen molar-refractivity contribution in [3.8, 4) is 5.75 Å². The van der Waals surface area contributed by atoms with Gasteiger partial charge in [-0.05, 0) is 43.7 Å². The molecule has 5 heteroatoms. The lowest BCUT2D eigenvalue weighted by Gasteiger charge is -2.21. The van der Waals surface area contributed by atoms with Crippen LogP contribution in [-0.2, 0) is 16.9 Å². The van der Waals surface area contributed by atoms with Crippen molar-refractivity contribution in [2.45, 2.75) is 36.8 Å². The standard InChI is InChI=1S/C18H18N2O2S/c1-12-3-5-15-13(9-12)7-8-18(15)10-16(20-22-18)21-14-4-6-17(23-2)19-11-14/h3-6,9,11H,7-8,10H2,1-2H3/t18-/m0/s1. The molecule has 2 aliphatic rings. The molecule has 0 amide bonds. The van der Waals surface area contributed by atoms with Gasteiger partial charge < -0.3 is 9.57 Å². The average Bonchev–Trinajstić information content (AvgIpc) is 3.13. The summed E-state index contributed by atoms with van der Waals surface area (Å²) in [6, 6.07) is 10.4. The third-order valence-electron chi connectivity index (χ3n) is 4.46. The number of pyridine rings is 1. The minimum Gasteiger partial charge on any atom is -0.438 e. The molecule has 1 aliphatic carbocycles. The number of ether oxygens (including phenoxy) is 1. The van der Waals surface area contributed by atoms with E-state index in [0.29, 0.717) is 18.1 Å². The van der Waals surface area contributed by atoms with Gasteiger partial charge in [0.15, 0.2) is 5.60 Å². The molecule has 0 N–H and O–H groups in total. The molecule has 0 unspecified atom stereocenters. The minimum absolute atomic E-state index is 0.342. The number of hydrogen-bond donors (Lipinski definition) is 0. The van der Waals surface area contributed by atoms with Crippen LogP contribution < -0.4 is 4.74 Å². The second-order valence-electron chi connectivity index (χ2n) is 6.05. The summed E-state index contributed by atoms with van der Waals surface area (Å²) in [5.74, 6) is 1.32. The van der Waals surface area contributed by atoms with Crippen LogP contribution in [0.1, 0.15) is 29.5 Å². The predicted molar refractivity (Wildman–Crippen MR) is 91.0 cm³/mol. The summed E-state index contributed by atoms with van der Waals surface area (Å²) in [5, 5.41) is 5.16. The van der Waals surface area contributed by atoms with Gasteiger partial charge in [-0.15, -0.1) is 11.8 Å². The molecule has 1 aliphatic heterocycles. The maximum atomic E-state index is 5.85. The molecule has 118 valence electrons. The number of fused-ring (bicyclic) bond motifs is 2. The zero-order valence-electron chi connectivity index (χ0n) is 13.2. The molecule has 1 aromatic heterocycles. The molecule has 4 nitrogen and oxygen atoms in total. The molecule has 0 radical (unpaired) electrons. The van der Waals surface area contributed by atoms with Crippen LogP contribution in [0, 0.1) is 6.92 Å². The highest BCUT2D eigenvalue weighted by Crippen LogP contribution is 2.46. The molecular weight excluding hydrogens is 308 g/mol. The Balaban J connectivity index is 1.51. The fraction of sp³-hybridized carbons (Fsp3) is 0.333. The third kappa shape index (κ3) is 2.59. The van der Waals surface area contributed by atoms with Crippen LogP contribution in [0.2, 0.25) is 0 Å². The monoisotopic (exact) mass is 326 g/mol. The Labute approximate surface area is 139 Å². The number of hydrogen-bond acceptors (Lipinski definition) is 5. The van der Waals surface area contributed by atoms with Crippen molar-refractivity contribution < 1.29 is 9.57 Å². The van der Waals surface area contributed by atoms with Gasteiger partial charge in [-0.25, -0.2) is 4.98 Å². The molecular formula is C18H18N2O2S. The molecule has 2 heterocycles. The summed E-state index contributed by atoms with van der Waals surface area (Å²) in [6.45, 7) is 2.12. The number of nitrogens with zero attached hydrogens (tertiary/aromatic N) is 2. The van der Waals surface area contributed by atoms with Gasteiger partial charge in [-0.3, -0.25) is 0 Å². The fourth-order valence-electron chi connectivity index (χ4n) is 3.31. The van der Waals surface area contributed by atoms with Crippen LogP contribution in [0.5, 0.6) is 5.75 Å². The number of aryl methyl sites for hydroxylation is 2. The predicted octanol–water partition coefficient (Wildman–Crippen LogP) is 4.07. The highest BCUT2D eigenvalue weighted by atomic mass is 32.2. The Bertz CT molecular complexity index is 773. The first-order chi connectivity index (χ1) is 11.2. The summed E-state index contributed by atoms with van der Waals surface area (Å²) in [4.78, 5) is 10.2. The van der Waals surface area contributed by atoms with Gasteiger partial charge in [-0.1, -0.05) is 28.9 Å². The SMILES string of the molecule is CSc1ccc(OC2=NO[C@@]3(CCc4cc(C)ccc43)C2)cn1. The van der Waals surface area contributed by atoms with Gasteiger partial charge in [0.25, 0.3) is 0 Å². The lowest BCUT2D eigenvalue weighted by molar-refractivity contribution is -0.0215. The van der Waals surface area contributed by atoms with Crippen molar-refractivity contribution in [1.29, 1.82) is 0 Å².